The Kier molecular flexibility index (Phi) is 7.24. The highest BCUT2D eigenvalue weighted by atomic mass is 16.2. The van der Waals surface area contributed by atoms with E-state index in [0.717, 1.165) is 36.8 Å². The van der Waals surface area contributed by atoms with Crippen LogP contribution in [0.4, 0.5) is 0 Å². The fourth-order valence-corrected chi connectivity index (χ4v) is 3.90. The molecule has 4 nitrogen and oxygen atoms in total. The normalized spacial score (nSPS) is 15.2. The number of hydrogen-bond donors (Lipinski definition) is 1. The van der Waals surface area contributed by atoms with Crippen LogP contribution in [0.15, 0.2) is 60.7 Å². The van der Waals surface area contributed by atoms with Gasteiger partial charge < -0.3 is 10.2 Å². The Hall–Kier alpha value is -2.62. The smallest absolute Gasteiger partial charge is 0.243 e. The second kappa shape index (κ2) is 10.1. The molecule has 0 bridgehead atoms. The largest absolute Gasteiger partial charge is 0.352 e. The molecule has 148 valence electrons. The molecule has 2 amide bonds. The molecule has 0 saturated heterocycles. The average Bonchev–Trinajstić information content (AvgIpc) is 3.24. The van der Waals surface area contributed by atoms with Crippen molar-refractivity contribution in [1.82, 2.24) is 10.2 Å². The molecular weight excluding hydrogens is 348 g/mol. The van der Waals surface area contributed by atoms with Crippen molar-refractivity contribution in [3.8, 4) is 0 Å². The Bertz CT molecular complexity index is 755. The van der Waals surface area contributed by atoms with Gasteiger partial charge in [0.1, 0.15) is 6.04 Å². The zero-order valence-corrected chi connectivity index (χ0v) is 16.6. The van der Waals surface area contributed by atoms with Crippen molar-refractivity contribution in [2.75, 3.05) is 0 Å². The molecule has 3 rings (SSSR count). The summed E-state index contributed by atoms with van der Waals surface area (Å²) in [4.78, 5) is 27.8. The van der Waals surface area contributed by atoms with Gasteiger partial charge >= 0.3 is 0 Å². The van der Waals surface area contributed by atoms with Gasteiger partial charge in [0.25, 0.3) is 0 Å². The molecule has 0 aliphatic heterocycles. The summed E-state index contributed by atoms with van der Waals surface area (Å²) in [5.41, 5.74) is 2.10. The summed E-state index contributed by atoms with van der Waals surface area (Å²) in [5, 5.41) is 3.21. The van der Waals surface area contributed by atoms with Crippen molar-refractivity contribution in [2.45, 2.75) is 64.1 Å². The van der Waals surface area contributed by atoms with Crippen LogP contribution >= 0.6 is 0 Å². The second-order valence-electron chi connectivity index (χ2n) is 7.56. The van der Waals surface area contributed by atoms with E-state index in [0.29, 0.717) is 19.4 Å². The van der Waals surface area contributed by atoms with E-state index in [4.69, 9.17) is 0 Å². The van der Waals surface area contributed by atoms with E-state index in [1.54, 1.807) is 4.90 Å². The van der Waals surface area contributed by atoms with Gasteiger partial charge in [0.2, 0.25) is 11.8 Å². The van der Waals surface area contributed by atoms with Gasteiger partial charge in [0.15, 0.2) is 0 Å². The third-order valence-electron chi connectivity index (χ3n) is 5.47. The van der Waals surface area contributed by atoms with Gasteiger partial charge in [0, 0.05) is 25.4 Å². The maximum atomic E-state index is 13.3. The zero-order valence-electron chi connectivity index (χ0n) is 16.6. The standard InChI is InChI=1S/C24H30N2O2/c1-2-23(27)26(18-20-13-7-4-8-14-20)22(17-19-11-5-3-6-12-19)24(28)25-21-15-9-10-16-21/h3-8,11-14,21-22H,2,9-10,15-18H2,1H3,(H,25,28)/t22-/m0/s1. The molecule has 0 unspecified atom stereocenters. The summed E-state index contributed by atoms with van der Waals surface area (Å²) in [5.74, 6) is -0.0279. The topological polar surface area (TPSA) is 49.4 Å². The molecule has 1 fully saturated rings. The lowest BCUT2D eigenvalue weighted by Gasteiger charge is -2.32. The number of carbonyl (C=O) groups is 2. The molecule has 1 atom stereocenters. The van der Waals surface area contributed by atoms with Crippen LogP contribution in [0.5, 0.6) is 0 Å². The molecular formula is C24H30N2O2. The Labute approximate surface area is 167 Å². The van der Waals surface area contributed by atoms with Gasteiger partial charge in [-0.25, -0.2) is 0 Å². The summed E-state index contributed by atoms with van der Waals surface area (Å²) in [6.07, 6.45) is 5.30. The molecule has 1 saturated carbocycles. The lowest BCUT2D eigenvalue weighted by Crippen LogP contribution is -2.52. The number of nitrogens with one attached hydrogen (secondary N) is 1. The van der Waals surface area contributed by atoms with Gasteiger partial charge in [-0.05, 0) is 24.0 Å². The van der Waals surface area contributed by atoms with E-state index in [2.05, 4.69) is 5.32 Å². The first-order valence-electron chi connectivity index (χ1n) is 10.3. The predicted octanol–water partition coefficient (Wildman–Crippen LogP) is 4.10. The van der Waals surface area contributed by atoms with Crippen molar-refractivity contribution in [1.29, 1.82) is 0 Å². The minimum Gasteiger partial charge on any atom is -0.352 e. The van der Waals surface area contributed by atoms with E-state index in [-0.39, 0.29) is 17.9 Å². The summed E-state index contributed by atoms with van der Waals surface area (Å²) in [7, 11) is 0. The van der Waals surface area contributed by atoms with Crippen molar-refractivity contribution in [3.63, 3.8) is 0 Å². The van der Waals surface area contributed by atoms with Crippen LogP contribution in [0.2, 0.25) is 0 Å². The fourth-order valence-electron chi connectivity index (χ4n) is 3.90. The number of hydrogen-bond acceptors (Lipinski definition) is 2. The van der Waals surface area contributed by atoms with Crippen LogP contribution in [-0.2, 0) is 22.6 Å². The van der Waals surface area contributed by atoms with Crippen LogP contribution in [-0.4, -0.2) is 28.8 Å². The highest BCUT2D eigenvalue weighted by molar-refractivity contribution is 5.88. The first-order valence-corrected chi connectivity index (χ1v) is 10.3. The minimum absolute atomic E-state index is 0.00589. The molecule has 1 aliphatic rings. The van der Waals surface area contributed by atoms with Crippen LogP contribution in [0.3, 0.4) is 0 Å². The molecule has 2 aromatic carbocycles. The minimum atomic E-state index is -0.504. The third kappa shape index (κ3) is 5.44. The molecule has 1 aliphatic carbocycles. The predicted molar refractivity (Wildman–Crippen MR) is 112 cm³/mol. The number of nitrogens with zero attached hydrogens (tertiary/aromatic N) is 1. The van der Waals surface area contributed by atoms with Crippen LogP contribution in [0.1, 0.15) is 50.2 Å². The quantitative estimate of drug-likeness (QED) is 0.752. The van der Waals surface area contributed by atoms with Crippen molar-refractivity contribution in [3.05, 3.63) is 71.8 Å². The lowest BCUT2D eigenvalue weighted by atomic mass is 10.0. The van der Waals surface area contributed by atoms with Gasteiger partial charge in [0.05, 0.1) is 0 Å². The molecule has 4 heteroatoms. The maximum absolute atomic E-state index is 13.3. The Morgan fingerprint density at radius 3 is 2.11 bits per heavy atom. The third-order valence-corrected chi connectivity index (χ3v) is 5.47. The molecule has 1 N–H and O–H groups in total. The Morgan fingerprint density at radius 2 is 1.54 bits per heavy atom. The Morgan fingerprint density at radius 1 is 0.964 bits per heavy atom. The molecule has 2 aromatic rings. The maximum Gasteiger partial charge on any atom is 0.243 e. The monoisotopic (exact) mass is 378 g/mol. The van der Waals surface area contributed by atoms with Crippen LogP contribution in [0, 0.1) is 0 Å². The first-order chi connectivity index (χ1) is 13.7. The highest BCUT2D eigenvalue weighted by Gasteiger charge is 2.31. The van der Waals surface area contributed by atoms with Gasteiger partial charge in [-0.3, -0.25) is 9.59 Å². The average molecular weight is 379 g/mol. The number of benzene rings is 2. The molecule has 28 heavy (non-hydrogen) atoms. The van der Waals surface area contributed by atoms with E-state index in [1.807, 2.05) is 67.6 Å². The summed E-state index contributed by atoms with van der Waals surface area (Å²) < 4.78 is 0. The van der Waals surface area contributed by atoms with E-state index in [1.165, 1.54) is 0 Å². The molecule has 0 spiro atoms. The molecule has 0 aromatic heterocycles. The van der Waals surface area contributed by atoms with Crippen LogP contribution < -0.4 is 5.32 Å². The van der Waals surface area contributed by atoms with E-state index >= 15 is 0 Å². The van der Waals surface area contributed by atoms with Gasteiger partial charge in [-0.1, -0.05) is 80.4 Å². The number of carbonyl (C=O) groups excluding carboxylic acids is 2. The van der Waals surface area contributed by atoms with Crippen LogP contribution in [0.25, 0.3) is 0 Å². The molecule has 0 heterocycles. The lowest BCUT2D eigenvalue weighted by molar-refractivity contribution is -0.141. The number of amides is 2. The van der Waals surface area contributed by atoms with Gasteiger partial charge in [-0.15, -0.1) is 0 Å². The van der Waals surface area contributed by atoms with Gasteiger partial charge in [-0.2, -0.15) is 0 Å². The highest BCUT2D eigenvalue weighted by Crippen LogP contribution is 2.20. The second-order valence-corrected chi connectivity index (χ2v) is 7.56. The summed E-state index contributed by atoms with van der Waals surface area (Å²) in [6, 6.07) is 19.6. The molecule has 0 radical (unpaired) electrons. The number of rotatable bonds is 8. The van der Waals surface area contributed by atoms with Crippen molar-refractivity contribution in [2.24, 2.45) is 0 Å². The first kappa shape index (κ1) is 20.1. The van der Waals surface area contributed by atoms with E-state index < -0.39 is 6.04 Å². The fraction of sp³-hybridized carbons (Fsp3) is 0.417. The Balaban J connectivity index is 1.85. The van der Waals surface area contributed by atoms with E-state index in [9.17, 15) is 9.59 Å². The zero-order chi connectivity index (χ0) is 19.8. The summed E-state index contributed by atoms with van der Waals surface area (Å²) >= 11 is 0. The SMILES string of the molecule is CCC(=O)N(Cc1ccccc1)[C@@H](Cc1ccccc1)C(=O)NC1CCCC1. The van der Waals surface area contributed by atoms with Crippen molar-refractivity contribution < 1.29 is 9.59 Å². The summed E-state index contributed by atoms with van der Waals surface area (Å²) in [6.45, 7) is 2.30. The van der Waals surface area contributed by atoms with Crippen molar-refractivity contribution >= 4 is 11.8 Å².